The molecule has 0 aromatic rings. The van der Waals surface area contributed by atoms with Gasteiger partial charge in [0.1, 0.15) is 5.78 Å². The minimum absolute atomic E-state index is 0. The molecule has 1 atom stereocenters. The monoisotopic (exact) mass is 1650 g/mol. The van der Waals surface area contributed by atoms with Gasteiger partial charge in [0.15, 0.2) is 0 Å². The molecule has 0 saturated carbocycles. The topological polar surface area (TPSA) is 37.3 Å². The van der Waals surface area contributed by atoms with E-state index in [0.29, 0.717) is 12.8 Å². The Morgan fingerprint density at radius 1 is 0.684 bits per heavy atom. The SMILES string of the molecule is C[CH-][C-](C)/C=C/C=C/C=C\C=C\C(C)(O)C(C)(C)CCC(C)=O.[Y].[Y].[Y].[Y].[Y].[Y].[Y].[Y].[Y].[Y].[Y].[Y].[Y].[Y].[Y]. The van der Waals surface area contributed by atoms with Crippen LogP contribution in [0.15, 0.2) is 48.6 Å². The maximum atomic E-state index is 11.1. The number of aliphatic hydroxyl groups is 1. The van der Waals surface area contributed by atoms with Gasteiger partial charge in [-0.25, -0.2) is 13.0 Å². The molecular formula is C21H32O2Y15-2. The minimum atomic E-state index is -0.959. The zero-order valence-corrected chi connectivity index (χ0v) is 66.7. The van der Waals surface area contributed by atoms with Crippen LogP contribution < -0.4 is 0 Å². The first-order valence-corrected chi connectivity index (χ1v) is 8.16. The molecule has 17 heteroatoms. The van der Waals surface area contributed by atoms with Gasteiger partial charge in [-0.1, -0.05) is 44.2 Å². The van der Waals surface area contributed by atoms with Gasteiger partial charge in [0, 0.05) is 497 Å². The second kappa shape index (κ2) is 69.9. The van der Waals surface area contributed by atoms with Gasteiger partial charge in [0.2, 0.25) is 0 Å². The summed E-state index contributed by atoms with van der Waals surface area (Å²) in [5, 5.41) is 10.6. The molecule has 0 aliphatic carbocycles. The van der Waals surface area contributed by atoms with E-state index in [2.05, 4.69) is 13.3 Å². The van der Waals surface area contributed by atoms with Crippen LogP contribution in [0.2, 0.25) is 0 Å². The number of carbonyl (C=O) groups is 1. The molecule has 1 unspecified atom stereocenters. The normalized spacial score (nSPS) is 9.66. The fourth-order valence-corrected chi connectivity index (χ4v) is 1.77. The maximum absolute atomic E-state index is 11.1. The molecule has 0 fully saturated rings. The van der Waals surface area contributed by atoms with Crippen molar-refractivity contribution in [3.63, 3.8) is 0 Å². The van der Waals surface area contributed by atoms with E-state index in [1.54, 1.807) is 19.9 Å². The summed E-state index contributed by atoms with van der Waals surface area (Å²) in [7, 11) is 0. The third-order valence-corrected chi connectivity index (χ3v) is 4.26. The van der Waals surface area contributed by atoms with Gasteiger partial charge < -0.3 is 22.2 Å². The van der Waals surface area contributed by atoms with Gasteiger partial charge >= 0.3 is 0 Å². The van der Waals surface area contributed by atoms with Crippen molar-refractivity contribution in [2.75, 3.05) is 0 Å². The van der Waals surface area contributed by atoms with Crippen LogP contribution in [-0.2, 0) is 495 Å². The summed E-state index contributed by atoms with van der Waals surface area (Å²) < 4.78 is 0. The van der Waals surface area contributed by atoms with Gasteiger partial charge in [-0.3, -0.25) is 6.08 Å². The molecule has 0 saturated heterocycles. The second-order valence-corrected chi connectivity index (χ2v) is 6.75. The van der Waals surface area contributed by atoms with E-state index in [0.717, 1.165) is 0 Å². The number of ketones is 1. The van der Waals surface area contributed by atoms with Crippen LogP contribution in [0.3, 0.4) is 0 Å². The van der Waals surface area contributed by atoms with E-state index >= 15 is 0 Å². The largest absolute Gasteiger partial charge is 0.397 e. The number of carbonyl (C=O) groups excluding carboxylic acids is 1. The van der Waals surface area contributed by atoms with Crippen LogP contribution in [0, 0.1) is 17.8 Å². The molecule has 1 N–H and O–H groups in total. The summed E-state index contributed by atoms with van der Waals surface area (Å²) in [5.41, 5.74) is -1.31. The van der Waals surface area contributed by atoms with Gasteiger partial charge in [0.05, 0.1) is 5.60 Å². The Bertz CT molecular complexity index is 499. The number of Topliss-reactive ketones (excluding diaryl/α,β-unsaturated/α-hetero) is 1. The van der Waals surface area contributed by atoms with E-state index in [4.69, 9.17) is 0 Å². The summed E-state index contributed by atoms with van der Waals surface area (Å²) in [6, 6.07) is 0. The third kappa shape index (κ3) is 65.9. The van der Waals surface area contributed by atoms with Crippen LogP contribution in [0.4, 0.5) is 0 Å². The van der Waals surface area contributed by atoms with Crippen molar-refractivity contribution >= 4 is 5.78 Å². The van der Waals surface area contributed by atoms with E-state index in [1.165, 1.54) is 5.92 Å². The van der Waals surface area contributed by atoms with Crippen LogP contribution in [0.25, 0.3) is 0 Å². The van der Waals surface area contributed by atoms with Gasteiger partial charge in [-0.15, -0.1) is 13.0 Å². The summed E-state index contributed by atoms with van der Waals surface area (Å²) in [4.78, 5) is 11.1. The van der Waals surface area contributed by atoms with E-state index in [1.807, 2.05) is 63.3 Å². The molecule has 0 rings (SSSR count). The number of allylic oxidation sites excluding steroid dienone is 7. The van der Waals surface area contributed by atoms with Crippen LogP contribution in [0.5, 0.6) is 0 Å². The summed E-state index contributed by atoms with van der Waals surface area (Å²) in [6.45, 7) is 11.4. The smallest absolute Gasteiger partial charge is 0.129 e. The molecule has 175 valence electrons. The Balaban J connectivity index is -0.0000000230. The van der Waals surface area contributed by atoms with E-state index in [-0.39, 0.29) is 502 Å². The Morgan fingerprint density at radius 3 is 1.32 bits per heavy atom. The molecule has 0 spiro atoms. The predicted octanol–water partition coefficient (Wildman–Crippen LogP) is 5.14. The number of hydrogen-bond donors (Lipinski definition) is 1. The van der Waals surface area contributed by atoms with E-state index < -0.39 is 5.60 Å². The van der Waals surface area contributed by atoms with Gasteiger partial charge in [-0.05, 0) is 25.7 Å². The van der Waals surface area contributed by atoms with Gasteiger partial charge in [0.25, 0.3) is 0 Å². The van der Waals surface area contributed by atoms with Crippen molar-refractivity contribution < 1.29 is 501 Å². The van der Waals surface area contributed by atoms with Gasteiger partial charge in [-0.2, -0.15) is 0 Å². The molecule has 0 aliphatic heterocycles. The fraction of sp³-hybridized carbons (Fsp3) is 0.476. The Morgan fingerprint density at radius 2 is 1.00 bits per heavy atom. The average Bonchev–Trinajstić information content (AvgIpc) is 2.47. The second-order valence-electron chi connectivity index (χ2n) is 6.75. The first-order chi connectivity index (χ1) is 10.6. The first-order valence-electron chi connectivity index (χ1n) is 8.16. The zero-order chi connectivity index (χ0) is 17.9. The summed E-state index contributed by atoms with van der Waals surface area (Å²) in [6.07, 6.45) is 18.6. The minimum Gasteiger partial charge on any atom is -0.397 e. The molecule has 0 aliphatic rings. The summed E-state index contributed by atoms with van der Waals surface area (Å²) >= 11 is 0. The maximum Gasteiger partial charge on any atom is 0.129 e. The van der Waals surface area contributed by atoms with Crippen molar-refractivity contribution in [3.8, 4) is 0 Å². The third-order valence-electron chi connectivity index (χ3n) is 4.26. The number of hydrogen-bond acceptors (Lipinski definition) is 2. The molecule has 2 nitrogen and oxygen atoms in total. The Labute approximate surface area is 613 Å². The van der Waals surface area contributed by atoms with Crippen molar-refractivity contribution in [1.82, 2.24) is 0 Å². The van der Waals surface area contributed by atoms with Crippen LogP contribution in [0.1, 0.15) is 54.4 Å². The van der Waals surface area contributed by atoms with Crippen LogP contribution >= 0.6 is 0 Å². The van der Waals surface area contributed by atoms with Crippen molar-refractivity contribution in [1.29, 1.82) is 0 Å². The Hall–Kier alpha value is 15.0. The van der Waals surface area contributed by atoms with Crippen molar-refractivity contribution in [2.45, 2.75) is 60.0 Å². The molecule has 38 heavy (non-hydrogen) atoms. The van der Waals surface area contributed by atoms with E-state index in [9.17, 15) is 9.90 Å². The fourth-order valence-electron chi connectivity index (χ4n) is 1.77. The summed E-state index contributed by atoms with van der Waals surface area (Å²) in [5.74, 6) is 1.38. The molecule has 0 heterocycles. The molecule has 0 aromatic heterocycles. The quantitative estimate of drug-likeness (QED) is 0.244. The van der Waals surface area contributed by atoms with Crippen molar-refractivity contribution in [3.05, 3.63) is 60.9 Å². The zero-order valence-electron chi connectivity index (χ0n) is 24.1. The molecule has 0 aromatic carbocycles. The molecule has 15 radical (unpaired) electrons. The Kier molecular flexibility index (Phi) is 193. The first kappa shape index (κ1) is 105. The van der Waals surface area contributed by atoms with Crippen LogP contribution in [-0.4, -0.2) is 16.5 Å². The molecule has 0 bridgehead atoms. The molecule has 0 amide bonds. The molecular weight excluding hydrogens is 1620 g/mol. The average molecular weight is 1650 g/mol. The van der Waals surface area contributed by atoms with Crippen molar-refractivity contribution in [2.24, 2.45) is 5.41 Å². The predicted molar refractivity (Wildman–Crippen MR) is 99.8 cm³/mol. The standard InChI is InChI=1S/C21H32O2.15Y/c1-7-18(2)14-12-10-8-9-11-13-16-21(6,23)20(4,5)17-15-19(3)22;;;;;;;;;;;;;;;/h7-14,16,23H,15,17H2,1-6H3;;;;;;;;;;;;;;;/q-2;;;;;;;;;;;;;;;/b10-8+,11-9-,14-12+,16-13+;;;;;;;;;;;;;;;. The number of rotatable bonds is 10.